The lowest BCUT2D eigenvalue weighted by Crippen LogP contribution is -2.41. The molecule has 0 saturated heterocycles. The maximum absolute atomic E-state index is 12.3. The highest BCUT2D eigenvalue weighted by Crippen LogP contribution is 2.31. The fraction of sp³-hybridized carbons (Fsp3) is 0.0500. The smallest absolute Gasteiger partial charge is 0.305 e. The van der Waals surface area contributed by atoms with E-state index in [1.165, 1.54) is 36.6 Å². The molecule has 2 heterocycles. The standard InChI is InChI=1S/C20H14ClN3O4S/c1-27-16-10-11(21)6-7-12(16)18(25)23-24-19(26)14-8-9-15(28-14)20-22-13-4-2-3-5-17(13)29-20/h2-10H,1H3,(H,23,25)(H,24,26). The number of halogens is 1. The van der Waals surface area contributed by atoms with Gasteiger partial charge in [0.2, 0.25) is 0 Å². The SMILES string of the molecule is COc1cc(Cl)ccc1C(=O)NNC(=O)c1ccc(-c2nc3ccccc3s2)o1. The molecule has 2 N–H and O–H groups in total. The van der Waals surface area contributed by atoms with Crippen LogP contribution < -0.4 is 15.6 Å². The maximum atomic E-state index is 12.3. The molecule has 0 unspecified atom stereocenters. The van der Waals surface area contributed by atoms with Gasteiger partial charge in [0.1, 0.15) is 5.75 Å². The fourth-order valence-corrected chi connectivity index (χ4v) is 3.74. The van der Waals surface area contributed by atoms with Gasteiger partial charge in [0.05, 0.1) is 22.9 Å². The van der Waals surface area contributed by atoms with E-state index in [1.54, 1.807) is 12.1 Å². The van der Waals surface area contributed by atoms with Gasteiger partial charge in [-0.2, -0.15) is 0 Å². The number of ether oxygens (including phenoxy) is 1. The van der Waals surface area contributed by atoms with Crippen molar-refractivity contribution < 1.29 is 18.7 Å². The summed E-state index contributed by atoms with van der Waals surface area (Å²) in [5.74, 6) is -0.339. The van der Waals surface area contributed by atoms with Crippen LogP contribution in [0.4, 0.5) is 0 Å². The number of aromatic nitrogens is 1. The monoisotopic (exact) mass is 427 g/mol. The normalized spacial score (nSPS) is 10.7. The summed E-state index contributed by atoms with van der Waals surface area (Å²) in [7, 11) is 1.42. The van der Waals surface area contributed by atoms with Crippen LogP contribution in [-0.4, -0.2) is 23.9 Å². The molecule has 4 aromatic rings. The fourth-order valence-electron chi connectivity index (χ4n) is 2.65. The summed E-state index contributed by atoms with van der Waals surface area (Å²) in [6.07, 6.45) is 0. The second-order valence-electron chi connectivity index (χ2n) is 5.90. The summed E-state index contributed by atoms with van der Waals surface area (Å²) in [5.41, 5.74) is 5.73. The molecule has 0 aliphatic rings. The van der Waals surface area contributed by atoms with Crippen molar-refractivity contribution in [1.29, 1.82) is 0 Å². The molecule has 0 aliphatic heterocycles. The van der Waals surface area contributed by atoms with Crippen molar-refractivity contribution in [3.63, 3.8) is 0 Å². The first kappa shape index (κ1) is 19.0. The van der Waals surface area contributed by atoms with Crippen molar-refractivity contribution in [1.82, 2.24) is 15.8 Å². The van der Waals surface area contributed by atoms with E-state index < -0.39 is 11.8 Å². The second-order valence-corrected chi connectivity index (χ2v) is 7.37. The van der Waals surface area contributed by atoms with Crippen LogP contribution in [0.5, 0.6) is 5.75 Å². The van der Waals surface area contributed by atoms with E-state index in [2.05, 4.69) is 15.8 Å². The number of hydrogen-bond acceptors (Lipinski definition) is 6. The van der Waals surface area contributed by atoms with E-state index in [0.29, 0.717) is 21.5 Å². The first-order chi connectivity index (χ1) is 14.0. The van der Waals surface area contributed by atoms with Crippen molar-refractivity contribution in [3.05, 3.63) is 70.9 Å². The van der Waals surface area contributed by atoms with Crippen LogP contribution in [0.3, 0.4) is 0 Å². The third-order valence-electron chi connectivity index (χ3n) is 4.03. The van der Waals surface area contributed by atoms with Gasteiger partial charge < -0.3 is 9.15 Å². The average Bonchev–Trinajstić information content (AvgIpc) is 3.38. The van der Waals surface area contributed by atoms with E-state index in [4.69, 9.17) is 20.8 Å². The highest BCUT2D eigenvalue weighted by Gasteiger charge is 2.17. The number of methoxy groups -OCH3 is 1. The lowest BCUT2D eigenvalue weighted by Gasteiger charge is -2.10. The molecule has 0 atom stereocenters. The number of nitrogens with one attached hydrogen (secondary N) is 2. The number of para-hydroxylation sites is 1. The van der Waals surface area contributed by atoms with Crippen molar-refractivity contribution >= 4 is 45.0 Å². The Hall–Kier alpha value is -3.36. The summed E-state index contributed by atoms with van der Waals surface area (Å²) in [5, 5.41) is 1.10. The molecule has 0 radical (unpaired) electrons. The number of hydrazine groups is 1. The Morgan fingerprint density at radius 2 is 1.86 bits per heavy atom. The number of thiazole rings is 1. The van der Waals surface area contributed by atoms with E-state index in [0.717, 1.165) is 10.2 Å². The van der Waals surface area contributed by atoms with Crippen LogP contribution in [0.2, 0.25) is 5.02 Å². The summed E-state index contributed by atoms with van der Waals surface area (Å²) in [4.78, 5) is 29.1. The topological polar surface area (TPSA) is 93.5 Å². The Bertz CT molecular complexity index is 1180. The predicted octanol–water partition coefficient (Wildman–Crippen LogP) is 4.29. The number of fused-ring (bicyclic) bond motifs is 1. The maximum Gasteiger partial charge on any atom is 0.305 e. The van der Waals surface area contributed by atoms with E-state index in [9.17, 15) is 9.59 Å². The molecule has 0 aliphatic carbocycles. The number of furan rings is 1. The summed E-state index contributed by atoms with van der Waals surface area (Å²) >= 11 is 7.35. The highest BCUT2D eigenvalue weighted by molar-refractivity contribution is 7.21. The van der Waals surface area contributed by atoms with Gasteiger partial charge in [-0.05, 0) is 42.5 Å². The van der Waals surface area contributed by atoms with Crippen molar-refractivity contribution in [3.8, 4) is 16.5 Å². The summed E-state index contributed by atoms with van der Waals surface area (Å²) in [6.45, 7) is 0. The molecule has 0 spiro atoms. The van der Waals surface area contributed by atoms with Crippen LogP contribution >= 0.6 is 22.9 Å². The number of rotatable bonds is 4. The summed E-state index contributed by atoms with van der Waals surface area (Å²) in [6, 6.07) is 15.5. The second kappa shape index (κ2) is 7.94. The Labute approximate surface area is 174 Å². The Balaban J connectivity index is 1.45. The molecule has 146 valence electrons. The highest BCUT2D eigenvalue weighted by atomic mass is 35.5. The van der Waals surface area contributed by atoms with E-state index in [1.807, 2.05) is 24.3 Å². The van der Waals surface area contributed by atoms with E-state index in [-0.39, 0.29) is 11.3 Å². The van der Waals surface area contributed by atoms with Gasteiger partial charge in [-0.1, -0.05) is 23.7 Å². The molecule has 4 rings (SSSR count). The van der Waals surface area contributed by atoms with Crippen LogP contribution in [0.15, 0.2) is 59.0 Å². The Morgan fingerprint density at radius 3 is 2.66 bits per heavy atom. The molecule has 0 bridgehead atoms. The van der Waals surface area contributed by atoms with Crippen LogP contribution in [0, 0.1) is 0 Å². The summed E-state index contributed by atoms with van der Waals surface area (Å²) < 4.78 is 11.8. The first-order valence-corrected chi connectivity index (χ1v) is 9.64. The minimum absolute atomic E-state index is 0.0441. The molecule has 0 saturated carbocycles. The Kier molecular flexibility index (Phi) is 5.20. The average molecular weight is 428 g/mol. The molecule has 2 amide bonds. The van der Waals surface area contributed by atoms with Gasteiger partial charge in [0.25, 0.3) is 5.91 Å². The quantitative estimate of drug-likeness (QED) is 0.474. The van der Waals surface area contributed by atoms with Crippen LogP contribution in [-0.2, 0) is 0 Å². The van der Waals surface area contributed by atoms with Crippen molar-refractivity contribution in [2.24, 2.45) is 0 Å². The number of hydrogen-bond donors (Lipinski definition) is 2. The van der Waals surface area contributed by atoms with Crippen LogP contribution in [0.25, 0.3) is 21.0 Å². The third-order valence-corrected chi connectivity index (χ3v) is 5.32. The number of benzene rings is 2. The molecule has 0 fully saturated rings. The number of amides is 2. The molecule has 29 heavy (non-hydrogen) atoms. The van der Waals surface area contributed by atoms with E-state index >= 15 is 0 Å². The lowest BCUT2D eigenvalue weighted by atomic mass is 10.2. The molecule has 2 aromatic heterocycles. The molecular weight excluding hydrogens is 414 g/mol. The van der Waals surface area contributed by atoms with Gasteiger partial charge in [0, 0.05) is 5.02 Å². The zero-order valence-electron chi connectivity index (χ0n) is 15.1. The molecule has 7 nitrogen and oxygen atoms in total. The predicted molar refractivity (Wildman–Crippen MR) is 110 cm³/mol. The largest absolute Gasteiger partial charge is 0.496 e. The van der Waals surface area contributed by atoms with Crippen molar-refractivity contribution in [2.45, 2.75) is 0 Å². The van der Waals surface area contributed by atoms with Gasteiger partial charge in [0.15, 0.2) is 16.5 Å². The van der Waals surface area contributed by atoms with Gasteiger partial charge in [-0.3, -0.25) is 20.4 Å². The molecular formula is C20H14ClN3O4S. The van der Waals surface area contributed by atoms with Gasteiger partial charge >= 0.3 is 5.91 Å². The first-order valence-electron chi connectivity index (χ1n) is 8.45. The number of carbonyl (C=O) groups excluding carboxylic acids is 2. The number of nitrogens with zero attached hydrogens (tertiary/aromatic N) is 1. The van der Waals surface area contributed by atoms with Crippen LogP contribution in [0.1, 0.15) is 20.9 Å². The zero-order chi connectivity index (χ0) is 20.4. The molecule has 2 aromatic carbocycles. The van der Waals surface area contributed by atoms with Gasteiger partial charge in [-0.25, -0.2) is 4.98 Å². The minimum Gasteiger partial charge on any atom is -0.496 e. The molecule has 9 heteroatoms. The van der Waals surface area contributed by atoms with Crippen molar-refractivity contribution in [2.75, 3.05) is 7.11 Å². The van der Waals surface area contributed by atoms with Gasteiger partial charge in [-0.15, -0.1) is 11.3 Å². The number of carbonyl (C=O) groups is 2. The third kappa shape index (κ3) is 3.94. The Morgan fingerprint density at radius 1 is 1.07 bits per heavy atom. The lowest BCUT2D eigenvalue weighted by molar-refractivity contribution is 0.0830. The minimum atomic E-state index is -0.598. The zero-order valence-corrected chi connectivity index (χ0v) is 16.6.